The minimum absolute atomic E-state index is 0.00686. The zero-order valence-electron chi connectivity index (χ0n) is 14.3. The summed E-state index contributed by atoms with van der Waals surface area (Å²) in [5.74, 6) is 0.00531. The molecule has 134 valence electrons. The number of halogens is 1. The zero-order chi connectivity index (χ0) is 17.7. The van der Waals surface area contributed by atoms with Crippen LogP contribution < -0.4 is 16.2 Å². The predicted molar refractivity (Wildman–Crippen MR) is 96.8 cm³/mol. The minimum atomic E-state index is -0.240. The molecule has 1 saturated heterocycles. The van der Waals surface area contributed by atoms with Crippen molar-refractivity contribution in [2.45, 2.75) is 31.1 Å². The Bertz CT molecular complexity index is 836. The monoisotopic (exact) mass is 352 g/mol. The van der Waals surface area contributed by atoms with Gasteiger partial charge in [-0.15, -0.1) is 0 Å². The normalized spacial score (nSPS) is 28.0. The molecule has 0 spiro atoms. The summed E-state index contributed by atoms with van der Waals surface area (Å²) >= 11 is 0. The molecule has 0 bridgehead atoms. The molecule has 0 aromatic heterocycles. The summed E-state index contributed by atoms with van der Waals surface area (Å²) in [6.45, 7) is 0.735. The van der Waals surface area contributed by atoms with Crippen molar-refractivity contribution in [2.24, 2.45) is 5.92 Å². The van der Waals surface area contributed by atoms with E-state index in [2.05, 4.69) is 16.2 Å². The summed E-state index contributed by atoms with van der Waals surface area (Å²) in [6.07, 6.45) is 2.02. The average molecular weight is 352 g/mol. The third kappa shape index (κ3) is 2.57. The third-order valence-corrected chi connectivity index (χ3v) is 5.59. The molecule has 2 fully saturated rings. The van der Waals surface area contributed by atoms with E-state index in [1.807, 2.05) is 41.3 Å². The van der Waals surface area contributed by atoms with Gasteiger partial charge in [-0.05, 0) is 42.7 Å². The number of anilines is 1. The summed E-state index contributed by atoms with van der Waals surface area (Å²) in [5, 5.41) is 3.60. The molecule has 3 atom stereocenters. The number of benzene rings is 2. The molecule has 3 aliphatic rings. The maximum Gasteiger partial charge on any atom is 0.257 e. The van der Waals surface area contributed by atoms with Crippen LogP contribution in [0.5, 0.6) is 0 Å². The van der Waals surface area contributed by atoms with E-state index >= 15 is 0 Å². The highest BCUT2D eigenvalue weighted by molar-refractivity contribution is 6.02. The number of para-hydroxylation sites is 1. The van der Waals surface area contributed by atoms with Crippen molar-refractivity contribution in [3.05, 3.63) is 65.5 Å². The highest BCUT2D eigenvalue weighted by Crippen LogP contribution is 2.40. The number of carbonyl (C=O) groups is 1. The fraction of sp³-hybridized carbons (Fsp3) is 0.350. The van der Waals surface area contributed by atoms with Crippen LogP contribution in [0.1, 0.15) is 34.8 Å². The fourth-order valence-electron chi connectivity index (χ4n) is 4.15. The van der Waals surface area contributed by atoms with Crippen molar-refractivity contribution in [1.82, 2.24) is 15.8 Å². The van der Waals surface area contributed by atoms with Gasteiger partial charge < -0.3 is 10.2 Å². The predicted octanol–water partition coefficient (Wildman–Crippen LogP) is 2.65. The van der Waals surface area contributed by atoms with Gasteiger partial charge in [0.2, 0.25) is 0 Å². The van der Waals surface area contributed by atoms with E-state index in [1.165, 1.54) is 12.1 Å². The van der Waals surface area contributed by atoms with E-state index in [-0.39, 0.29) is 29.8 Å². The summed E-state index contributed by atoms with van der Waals surface area (Å²) in [7, 11) is 0. The van der Waals surface area contributed by atoms with Crippen molar-refractivity contribution in [1.29, 1.82) is 0 Å². The van der Waals surface area contributed by atoms with Crippen LogP contribution in [0.2, 0.25) is 0 Å². The van der Waals surface area contributed by atoms with Crippen molar-refractivity contribution >= 4 is 11.6 Å². The lowest BCUT2D eigenvalue weighted by Crippen LogP contribution is -2.55. The Morgan fingerprint density at radius 3 is 2.58 bits per heavy atom. The van der Waals surface area contributed by atoms with Gasteiger partial charge in [0.25, 0.3) is 5.91 Å². The average Bonchev–Trinajstić information content (AvgIpc) is 3.38. The topological polar surface area (TPSA) is 56.4 Å². The summed E-state index contributed by atoms with van der Waals surface area (Å²) in [4.78, 5) is 15.2. The van der Waals surface area contributed by atoms with E-state index in [9.17, 15) is 9.18 Å². The van der Waals surface area contributed by atoms with Crippen LogP contribution in [0.15, 0.2) is 48.5 Å². The van der Waals surface area contributed by atoms with Gasteiger partial charge in [-0.3, -0.25) is 10.2 Å². The molecule has 2 aromatic carbocycles. The first-order valence-corrected chi connectivity index (χ1v) is 9.14. The number of amides is 1. The number of hydrogen-bond donors (Lipinski definition) is 3. The van der Waals surface area contributed by atoms with Crippen molar-refractivity contribution < 1.29 is 9.18 Å². The number of fused-ring (bicyclic) bond motifs is 1. The molecule has 6 heteroatoms. The second-order valence-electron chi connectivity index (χ2n) is 7.30. The minimum Gasteiger partial charge on any atom is -0.364 e. The Morgan fingerprint density at radius 2 is 1.81 bits per heavy atom. The second-order valence-corrected chi connectivity index (χ2v) is 7.30. The van der Waals surface area contributed by atoms with E-state index in [1.54, 1.807) is 0 Å². The van der Waals surface area contributed by atoms with Gasteiger partial charge in [0.15, 0.2) is 0 Å². The Balaban J connectivity index is 1.51. The molecule has 26 heavy (non-hydrogen) atoms. The highest BCUT2D eigenvalue weighted by atomic mass is 19.1. The van der Waals surface area contributed by atoms with Crippen molar-refractivity contribution in [3.8, 4) is 0 Å². The molecule has 1 aliphatic carbocycles. The lowest BCUT2D eigenvalue weighted by molar-refractivity contribution is 0.0598. The first-order chi connectivity index (χ1) is 12.7. The van der Waals surface area contributed by atoms with Crippen LogP contribution in [-0.4, -0.2) is 29.6 Å². The second kappa shape index (κ2) is 6.07. The van der Waals surface area contributed by atoms with E-state index in [4.69, 9.17) is 0 Å². The molecular formula is C20H21FN4O. The number of carbonyl (C=O) groups excluding carboxylic acids is 1. The fourth-order valence-corrected chi connectivity index (χ4v) is 4.15. The number of hydrazine groups is 1. The van der Waals surface area contributed by atoms with Crippen LogP contribution in [0.4, 0.5) is 10.1 Å². The van der Waals surface area contributed by atoms with E-state index < -0.39 is 0 Å². The Morgan fingerprint density at radius 1 is 1.04 bits per heavy atom. The van der Waals surface area contributed by atoms with Gasteiger partial charge in [-0.1, -0.05) is 24.3 Å². The molecule has 1 amide bonds. The SMILES string of the molecule is O=C1c2ccccc2NC(C2CNNC2c2ccc(F)cc2)N1C1CC1. The lowest BCUT2D eigenvalue weighted by Gasteiger charge is -2.42. The van der Waals surface area contributed by atoms with Crippen LogP contribution in [0.25, 0.3) is 0 Å². The molecule has 0 radical (unpaired) electrons. The molecule has 2 aliphatic heterocycles. The van der Waals surface area contributed by atoms with Crippen molar-refractivity contribution in [2.75, 3.05) is 11.9 Å². The maximum atomic E-state index is 13.3. The van der Waals surface area contributed by atoms with Gasteiger partial charge in [0.1, 0.15) is 12.0 Å². The standard InChI is InChI=1S/C20H21FN4O/c21-13-7-5-12(6-8-13)18-16(11-22-24-18)19-23-17-4-2-1-3-15(17)20(26)25(19)14-9-10-14/h1-8,14,16,18-19,22-24H,9-11H2. The lowest BCUT2D eigenvalue weighted by atomic mass is 9.89. The molecule has 1 saturated carbocycles. The highest BCUT2D eigenvalue weighted by Gasteiger charge is 2.47. The number of hydrogen-bond acceptors (Lipinski definition) is 4. The molecular weight excluding hydrogens is 331 g/mol. The Labute approximate surface area is 151 Å². The van der Waals surface area contributed by atoms with E-state index in [0.29, 0.717) is 6.04 Å². The number of nitrogens with one attached hydrogen (secondary N) is 3. The molecule has 3 unspecified atom stereocenters. The number of rotatable bonds is 3. The molecule has 2 aromatic rings. The maximum absolute atomic E-state index is 13.3. The molecule has 2 heterocycles. The van der Waals surface area contributed by atoms with Crippen LogP contribution in [-0.2, 0) is 0 Å². The zero-order valence-corrected chi connectivity index (χ0v) is 14.3. The van der Waals surface area contributed by atoms with Crippen molar-refractivity contribution in [3.63, 3.8) is 0 Å². The van der Waals surface area contributed by atoms with Gasteiger partial charge in [0, 0.05) is 24.2 Å². The van der Waals surface area contributed by atoms with Crippen LogP contribution in [0, 0.1) is 11.7 Å². The van der Waals surface area contributed by atoms with Gasteiger partial charge in [-0.2, -0.15) is 0 Å². The molecule has 3 N–H and O–H groups in total. The molecule has 5 rings (SSSR count). The van der Waals surface area contributed by atoms with Crippen LogP contribution in [0.3, 0.4) is 0 Å². The smallest absolute Gasteiger partial charge is 0.257 e. The summed E-state index contributed by atoms with van der Waals surface area (Å²) in [5.41, 5.74) is 9.19. The van der Waals surface area contributed by atoms with Crippen LogP contribution >= 0.6 is 0 Å². The number of nitrogens with zero attached hydrogens (tertiary/aromatic N) is 1. The van der Waals surface area contributed by atoms with Gasteiger partial charge in [0.05, 0.1) is 11.6 Å². The Hall–Kier alpha value is -2.44. The first kappa shape index (κ1) is 15.8. The third-order valence-electron chi connectivity index (χ3n) is 5.59. The largest absolute Gasteiger partial charge is 0.364 e. The Kier molecular flexibility index (Phi) is 3.69. The van der Waals surface area contributed by atoms with Gasteiger partial charge >= 0.3 is 0 Å². The summed E-state index contributed by atoms with van der Waals surface area (Å²) in [6, 6.07) is 14.6. The first-order valence-electron chi connectivity index (χ1n) is 9.14. The summed E-state index contributed by atoms with van der Waals surface area (Å²) < 4.78 is 13.3. The molecule has 5 nitrogen and oxygen atoms in total. The quantitative estimate of drug-likeness (QED) is 0.795. The van der Waals surface area contributed by atoms with E-state index in [0.717, 1.165) is 36.2 Å². The van der Waals surface area contributed by atoms with Gasteiger partial charge in [-0.25, -0.2) is 9.82 Å².